The van der Waals surface area contributed by atoms with Crippen LogP contribution in [0.15, 0.2) is 0 Å². The van der Waals surface area contributed by atoms with Crippen LogP contribution >= 0.6 is 0 Å². The molecule has 0 radical (unpaired) electrons. The molecule has 0 aromatic rings. The molecule has 0 bridgehead atoms. The molecule has 1 N–H and O–H groups in total. The molecule has 0 saturated heterocycles. The van der Waals surface area contributed by atoms with Gasteiger partial charge in [-0.05, 0) is 12.8 Å². The summed E-state index contributed by atoms with van der Waals surface area (Å²) >= 11 is 0. The van der Waals surface area contributed by atoms with Gasteiger partial charge in [0.15, 0.2) is 0 Å². The van der Waals surface area contributed by atoms with Crippen LogP contribution in [0.3, 0.4) is 0 Å². The molecule has 0 heterocycles. The van der Waals surface area contributed by atoms with Crippen LogP contribution < -0.4 is 5.32 Å². The zero-order valence-corrected chi connectivity index (χ0v) is 13.4. The molecule has 0 saturated carbocycles. The molecular weight excluding hydrogens is 254 g/mol. The van der Waals surface area contributed by atoms with Crippen LogP contribution in [-0.4, -0.2) is 38.9 Å². The van der Waals surface area contributed by atoms with Crippen LogP contribution in [0.1, 0.15) is 65.2 Å². The maximum Gasteiger partial charge on any atom is 0.220 e. The van der Waals surface area contributed by atoms with Crippen LogP contribution in [0.4, 0.5) is 0 Å². The summed E-state index contributed by atoms with van der Waals surface area (Å²) < 4.78 is 10.9. The second kappa shape index (κ2) is 16.4. The van der Waals surface area contributed by atoms with Gasteiger partial charge in [0.05, 0.1) is 19.8 Å². The van der Waals surface area contributed by atoms with Crippen LogP contribution in [0.25, 0.3) is 0 Å². The summed E-state index contributed by atoms with van der Waals surface area (Å²) in [7, 11) is 0. The summed E-state index contributed by atoms with van der Waals surface area (Å²) in [5.41, 5.74) is 0. The number of carbonyl (C=O) groups is 1. The first-order valence-corrected chi connectivity index (χ1v) is 8.23. The van der Waals surface area contributed by atoms with Crippen molar-refractivity contribution in [2.45, 2.75) is 65.2 Å². The number of nitrogens with one attached hydrogen (secondary N) is 1. The van der Waals surface area contributed by atoms with Gasteiger partial charge in [-0.1, -0.05) is 46.0 Å². The van der Waals surface area contributed by atoms with E-state index in [0.717, 1.165) is 25.9 Å². The highest BCUT2D eigenvalue weighted by Gasteiger charge is 1.98. The maximum atomic E-state index is 11.3. The standard InChI is InChI=1S/C16H33NO3/c1-3-5-7-8-9-12-19-14-15-20-13-11-17-16(18)10-6-4-2/h3-15H2,1-2H3,(H,17,18). The number of ether oxygens (including phenoxy) is 2. The van der Waals surface area contributed by atoms with Gasteiger partial charge < -0.3 is 14.8 Å². The summed E-state index contributed by atoms with van der Waals surface area (Å²) in [6.45, 7) is 7.57. The van der Waals surface area contributed by atoms with E-state index >= 15 is 0 Å². The minimum atomic E-state index is 0.124. The fourth-order valence-electron chi connectivity index (χ4n) is 1.82. The average molecular weight is 287 g/mol. The van der Waals surface area contributed by atoms with Crippen molar-refractivity contribution in [3.63, 3.8) is 0 Å². The van der Waals surface area contributed by atoms with Gasteiger partial charge in [-0.15, -0.1) is 0 Å². The first-order chi connectivity index (χ1) is 9.81. The van der Waals surface area contributed by atoms with Crippen molar-refractivity contribution < 1.29 is 14.3 Å². The van der Waals surface area contributed by atoms with E-state index in [0.29, 0.717) is 32.8 Å². The Morgan fingerprint density at radius 3 is 2.15 bits per heavy atom. The van der Waals surface area contributed by atoms with Crippen molar-refractivity contribution in [3.05, 3.63) is 0 Å². The van der Waals surface area contributed by atoms with E-state index in [1.165, 1.54) is 25.7 Å². The number of hydrogen-bond donors (Lipinski definition) is 1. The molecule has 120 valence electrons. The van der Waals surface area contributed by atoms with E-state index in [1.54, 1.807) is 0 Å². The number of unbranched alkanes of at least 4 members (excludes halogenated alkanes) is 5. The smallest absolute Gasteiger partial charge is 0.220 e. The molecule has 0 aliphatic carbocycles. The van der Waals surface area contributed by atoms with E-state index in [1.807, 2.05) is 0 Å². The van der Waals surface area contributed by atoms with Crippen LogP contribution in [-0.2, 0) is 14.3 Å². The molecule has 0 rings (SSSR count). The van der Waals surface area contributed by atoms with E-state index in [2.05, 4.69) is 19.2 Å². The van der Waals surface area contributed by atoms with Gasteiger partial charge in [-0.25, -0.2) is 0 Å². The Balaban J connectivity index is 3.04. The summed E-state index contributed by atoms with van der Waals surface area (Å²) in [5.74, 6) is 0.124. The normalized spacial score (nSPS) is 10.7. The first-order valence-electron chi connectivity index (χ1n) is 8.23. The van der Waals surface area contributed by atoms with Gasteiger partial charge in [0.2, 0.25) is 5.91 Å². The van der Waals surface area contributed by atoms with E-state index in [4.69, 9.17) is 9.47 Å². The molecule has 20 heavy (non-hydrogen) atoms. The van der Waals surface area contributed by atoms with Gasteiger partial charge in [0, 0.05) is 19.6 Å². The Labute approximate surface area is 124 Å². The molecule has 0 aliphatic rings. The molecule has 0 fully saturated rings. The summed E-state index contributed by atoms with van der Waals surface area (Å²) in [5, 5.41) is 2.84. The van der Waals surface area contributed by atoms with Crippen molar-refractivity contribution in [2.24, 2.45) is 0 Å². The van der Waals surface area contributed by atoms with Crippen molar-refractivity contribution in [2.75, 3.05) is 33.0 Å². The fraction of sp³-hybridized carbons (Fsp3) is 0.938. The number of amides is 1. The highest BCUT2D eigenvalue weighted by Crippen LogP contribution is 2.02. The summed E-state index contributed by atoms with van der Waals surface area (Å²) in [6, 6.07) is 0. The first kappa shape index (κ1) is 19.4. The van der Waals surface area contributed by atoms with E-state index < -0.39 is 0 Å². The summed E-state index contributed by atoms with van der Waals surface area (Å²) in [6.07, 6.45) is 8.97. The van der Waals surface area contributed by atoms with Crippen molar-refractivity contribution in [3.8, 4) is 0 Å². The van der Waals surface area contributed by atoms with Gasteiger partial charge in [0.25, 0.3) is 0 Å². The molecule has 0 aliphatic heterocycles. The number of carbonyl (C=O) groups excluding carboxylic acids is 1. The molecule has 0 atom stereocenters. The SMILES string of the molecule is CCCCCCCOCCOCCNC(=O)CCCC. The Morgan fingerprint density at radius 2 is 1.45 bits per heavy atom. The quantitative estimate of drug-likeness (QED) is 0.470. The predicted octanol–water partition coefficient (Wildman–Crippen LogP) is 3.30. The molecular formula is C16H33NO3. The highest BCUT2D eigenvalue weighted by molar-refractivity contribution is 5.75. The molecule has 0 unspecified atom stereocenters. The Kier molecular flexibility index (Phi) is 15.9. The minimum absolute atomic E-state index is 0.124. The van der Waals surface area contributed by atoms with Crippen molar-refractivity contribution >= 4 is 5.91 Å². The van der Waals surface area contributed by atoms with Crippen LogP contribution in [0.2, 0.25) is 0 Å². The van der Waals surface area contributed by atoms with Crippen LogP contribution in [0.5, 0.6) is 0 Å². The van der Waals surface area contributed by atoms with Gasteiger partial charge in [-0.3, -0.25) is 4.79 Å². The Bertz CT molecular complexity index is 210. The largest absolute Gasteiger partial charge is 0.379 e. The second-order valence-electron chi connectivity index (χ2n) is 5.09. The second-order valence-corrected chi connectivity index (χ2v) is 5.09. The van der Waals surface area contributed by atoms with Gasteiger partial charge in [-0.2, -0.15) is 0 Å². The molecule has 0 aromatic carbocycles. The molecule has 1 amide bonds. The fourth-order valence-corrected chi connectivity index (χ4v) is 1.82. The third-order valence-electron chi connectivity index (χ3n) is 3.09. The lowest BCUT2D eigenvalue weighted by molar-refractivity contribution is -0.121. The third-order valence-corrected chi connectivity index (χ3v) is 3.09. The summed E-state index contributed by atoms with van der Waals surface area (Å²) in [4.78, 5) is 11.3. The van der Waals surface area contributed by atoms with Gasteiger partial charge in [0.1, 0.15) is 0 Å². The topological polar surface area (TPSA) is 47.6 Å². The highest BCUT2D eigenvalue weighted by atomic mass is 16.5. The Morgan fingerprint density at radius 1 is 0.800 bits per heavy atom. The molecule has 4 heteroatoms. The lowest BCUT2D eigenvalue weighted by Gasteiger charge is -2.07. The minimum Gasteiger partial charge on any atom is -0.379 e. The van der Waals surface area contributed by atoms with E-state index in [9.17, 15) is 4.79 Å². The third kappa shape index (κ3) is 15.4. The number of rotatable bonds is 15. The lowest BCUT2D eigenvalue weighted by Crippen LogP contribution is -2.27. The number of hydrogen-bond acceptors (Lipinski definition) is 3. The van der Waals surface area contributed by atoms with E-state index in [-0.39, 0.29) is 5.91 Å². The van der Waals surface area contributed by atoms with Crippen molar-refractivity contribution in [1.29, 1.82) is 0 Å². The predicted molar refractivity (Wildman–Crippen MR) is 82.9 cm³/mol. The molecule has 0 spiro atoms. The van der Waals surface area contributed by atoms with Crippen LogP contribution in [0, 0.1) is 0 Å². The van der Waals surface area contributed by atoms with Crippen molar-refractivity contribution in [1.82, 2.24) is 5.32 Å². The molecule has 4 nitrogen and oxygen atoms in total. The monoisotopic (exact) mass is 287 g/mol. The zero-order valence-electron chi connectivity index (χ0n) is 13.4. The lowest BCUT2D eigenvalue weighted by atomic mass is 10.2. The Hall–Kier alpha value is -0.610. The average Bonchev–Trinajstić information content (AvgIpc) is 2.46. The zero-order chi connectivity index (χ0) is 14.9. The maximum absolute atomic E-state index is 11.3. The van der Waals surface area contributed by atoms with Gasteiger partial charge >= 0.3 is 0 Å². The molecule has 0 aromatic heterocycles.